The average molecular weight is 783 g/mol. The Balaban J connectivity index is 0.000000230. The van der Waals surface area contributed by atoms with Crippen LogP contribution in [0.2, 0.25) is 20.1 Å². The average Bonchev–Trinajstić information content (AvgIpc) is 3.33. The van der Waals surface area contributed by atoms with Crippen molar-refractivity contribution in [1.29, 1.82) is 0 Å². The highest BCUT2D eigenvalue weighted by Crippen LogP contribution is 2.46. The lowest BCUT2D eigenvalue weighted by Crippen LogP contribution is -2.57. The van der Waals surface area contributed by atoms with E-state index in [4.69, 9.17) is 51.1 Å². The van der Waals surface area contributed by atoms with Gasteiger partial charge in [-0.2, -0.15) is 0 Å². The maximum atomic E-state index is 12.9. The smallest absolute Gasteiger partial charge is 0.331 e. The third kappa shape index (κ3) is 8.69. The number of hydrogen-bond donors (Lipinski definition) is 3. The molecule has 0 unspecified atom stereocenters. The molecule has 2 aromatic rings. The van der Waals surface area contributed by atoms with Crippen molar-refractivity contribution in [2.45, 2.75) is 130 Å². The fourth-order valence-electron chi connectivity index (χ4n) is 8.07. The first-order valence-electron chi connectivity index (χ1n) is 18.2. The third-order valence-electron chi connectivity index (χ3n) is 11.4. The normalized spacial score (nSPS) is 24.6. The second-order valence-electron chi connectivity index (χ2n) is 14.6. The van der Waals surface area contributed by atoms with Crippen molar-refractivity contribution in [3.05, 3.63) is 71.4 Å². The van der Waals surface area contributed by atoms with E-state index in [2.05, 4.69) is 24.5 Å². The number of aryl methyl sites for hydroxylation is 2. The molecule has 3 aliphatic rings. The zero-order valence-electron chi connectivity index (χ0n) is 30.9. The molecule has 2 saturated carbocycles. The van der Waals surface area contributed by atoms with Crippen LogP contribution in [0.25, 0.3) is 5.57 Å². The molecular weight excluding hydrogens is 730 g/mol. The van der Waals surface area contributed by atoms with Crippen LogP contribution in [0, 0.1) is 39.5 Å². The summed E-state index contributed by atoms with van der Waals surface area (Å²) < 4.78 is 5.29. The van der Waals surface area contributed by atoms with E-state index >= 15 is 0 Å². The van der Waals surface area contributed by atoms with E-state index in [1.807, 2.05) is 27.7 Å². The number of halogens is 4. The molecule has 0 bridgehead atoms. The highest BCUT2D eigenvalue weighted by atomic mass is 35.5. The molecule has 1 aliphatic heterocycles. The van der Waals surface area contributed by atoms with E-state index in [1.54, 1.807) is 19.1 Å². The number of ether oxygens (including phenoxy) is 1. The van der Waals surface area contributed by atoms with Crippen molar-refractivity contribution in [2.75, 3.05) is 6.61 Å². The van der Waals surface area contributed by atoms with Gasteiger partial charge in [-0.1, -0.05) is 73.1 Å². The number of rotatable bonds is 8. The van der Waals surface area contributed by atoms with Gasteiger partial charge in [0.1, 0.15) is 11.3 Å². The van der Waals surface area contributed by atoms with Gasteiger partial charge in [0.2, 0.25) is 5.91 Å². The Kier molecular flexibility index (Phi) is 13.9. The van der Waals surface area contributed by atoms with E-state index in [-0.39, 0.29) is 30.0 Å². The number of aliphatic hydroxyl groups is 1. The number of esters is 1. The van der Waals surface area contributed by atoms with Gasteiger partial charge in [0.15, 0.2) is 0 Å². The van der Waals surface area contributed by atoms with Gasteiger partial charge >= 0.3 is 5.97 Å². The van der Waals surface area contributed by atoms with Crippen LogP contribution in [0.5, 0.6) is 0 Å². The van der Waals surface area contributed by atoms with Crippen molar-refractivity contribution in [3.63, 3.8) is 0 Å². The number of carbonyl (C=O) groups excluding carboxylic acids is 3. The van der Waals surface area contributed by atoms with Crippen LogP contribution in [-0.2, 0) is 25.5 Å². The quantitative estimate of drug-likeness (QED) is 0.231. The molecule has 1 heterocycles. The molecule has 2 aliphatic carbocycles. The SMILES string of the molecule is CCC1CCC2(CC1)NC(=O)C(c1c(C)cc(Cl)c(Cl)c1C)=C2O.CCOC(=O)C1(NC(=O)Cc2c(C)cc(Cl)c(Cl)c2C)CCC(CC)CC1. The van der Waals surface area contributed by atoms with Crippen molar-refractivity contribution < 1.29 is 24.2 Å². The summed E-state index contributed by atoms with van der Waals surface area (Å²) in [5.41, 5.74) is 3.68. The van der Waals surface area contributed by atoms with Gasteiger partial charge in [-0.15, -0.1) is 0 Å². The van der Waals surface area contributed by atoms with Crippen LogP contribution in [0.3, 0.4) is 0 Å². The fraction of sp³-hybridized carbons (Fsp3) is 0.575. The number of carbonyl (C=O) groups is 3. The van der Waals surface area contributed by atoms with Crippen LogP contribution < -0.4 is 10.6 Å². The first-order valence-corrected chi connectivity index (χ1v) is 19.7. The molecule has 0 saturated heterocycles. The molecule has 280 valence electrons. The van der Waals surface area contributed by atoms with Crippen LogP contribution in [0.4, 0.5) is 0 Å². The molecule has 7 nitrogen and oxygen atoms in total. The Labute approximate surface area is 323 Å². The van der Waals surface area contributed by atoms with Gasteiger partial charge in [0.25, 0.3) is 5.91 Å². The maximum absolute atomic E-state index is 12.9. The molecule has 2 aromatic carbocycles. The van der Waals surface area contributed by atoms with Crippen LogP contribution in [-0.4, -0.2) is 40.6 Å². The summed E-state index contributed by atoms with van der Waals surface area (Å²) in [6.45, 7) is 13.9. The Morgan fingerprint density at radius 2 is 1.35 bits per heavy atom. The van der Waals surface area contributed by atoms with Gasteiger partial charge in [-0.25, -0.2) is 4.79 Å². The van der Waals surface area contributed by atoms with Gasteiger partial charge < -0.3 is 20.5 Å². The lowest BCUT2D eigenvalue weighted by atomic mass is 9.75. The lowest BCUT2D eigenvalue weighted by Gasteiger charge is -2.38. The Bertz CT molecular complexity index is 1690. The minimum absolute atomic E-state index is 0.160. The number of nitrogens with one attached hydrogen (secondary N) is 2. The first kappa shape index (κ1) is 41.3. The number of amides is 2. The Hall–Kier alpha value is -2.45. The zero-order valence-corrected chi connectivity index (χ0v) is 33.9. The van der Waals surface area contributed by atoms with Crippen molar-refractivity contribution >= 4 is 69.8 Å². The summed E-state index contributed by atoms with van der Waals surface area (Å²) in [6, 6.07) is 3.52. The van der Waals surface area contributed by atoms with Gasteiger partial charge in [0.05, 0.1) is 44.2 Å². The summed E-state index contributed by atoms with van der Waals surface area (Å²) in [5.74, 6) is 0.721. The number of hydrogen-bond acceptors (Lipinski definition) is 5. The molecule has 1 spiro atoms. The Morgan fingerprint density at radius 1 is 0.843 bits per heavy atom. The second kappa shape index (κ2) is 17.1. The largest absolute Gasteiger partial charge is 0.509 e. The predicted octanol–water partition coefficient (Wildman–Crippen LogP) is 10.5. The van der Waals surface area contributed by atoms with Crippen LogP contribution in [0.1, 0.15) is 118 Å². The second-order valence-corrected chi connectivity index (χ2v) is 16.1. The van der Waals surface area contributed by atoms with Crippen LogP contribution in [0.15, 0.2) is 17.9 Å². The minimum atomic E-state index is -0.920. The highest BCUT2D eigenvalue weighted by molar-refractivity contribution is 6.43. The third-order valence-corrected chi connectivity index (χ3v) is 13.2. The summed E-state index contributed by atoms with van der Waals surface area (Å²) >= 11 is 24.8. The summed E-state index contributed by atoms with van der Waals surface area (Å²) in [7, 11) is 0. The predicted molar refractivity (Wildman–Crippen MR) is 208 cm³/mol. The fourth-order valence-corrected chi connectivity index (χ4v) is 9.00. The molecule has 0 radical (unpaired) electrons. The van der Waals surface area contributed by atoms with Crippen LogP contribution >= 0.6 is 46.4 Å². The molecule has 11 heteroatoms. The standard InChI is InChI=1S/C21H29Cl2NO3.C19H23Cl2NO2/c1-5-15-7-9-21(10-8-15,20(26)27-6-2)24-18(25)12-16-13(3)11-17(22)19(23)14(16)4;1-4-12-5-7-19(8-6-12)17(23)15(18(24)22-19)14-10(2)9-13(20)16(21)11(14)3/h11,15H,5-10,12H2,1-4H3,(H,24,25);9,12,23H,4-8H2,1-3H3,(H,22,24). The van der Waals surface area contributed by atoms with Gasteiger partial charge in [0, 0.05) is 0 Å². The molecule has 5 rings (SSSR count). The molecule has 51 heavy (non-hydrogen) atoms. The summed E-state index contributed by atoms with van der Waals surface area (Å²) in [5, 5.41) is 18.9. The van der Waals surface area contributed by atoms with Crippen molar-refractivity contribution in [3.8, 4) is 0 Å². The van der Waals surface area contributed by atoms with E-state index in [0.717, 1.165) is 79.2 Å². The van der Waals surface area contributed by atoms with Gasteiger partial charge in [-0.3, -0.25) is 9.59 Å². The van der Waals surface area contributed by atoms with E-state index in [9.17, 15) is 19.5 Å². The topological polar surface area (TPSA) is 105 Å². The molecule has 2 fully saturated rings. The molecule has 3 N–H and O–H groups in total. The lowest BCUT2D eigenvalue weighted by molar-refractivity contribution is -0.155. The summed E-state index contributed by atoms with van der Waals surface area (Å²) in [6.07, 6.45) is 9.08. The molecule has 2 amide bonds. The number of benzene rings is 2. The summed E-state index contributed by atoms with van der Waals surface area (Å²) in [4.78, 5) is 38.2. The van der Waals surface area contributed by atoms with Crippen molar-refractivity contribution in [2.24, 2.45) is 11.8 Å². The zero-order chi connectivity index (χ0) is 37.8. The Morgan fingerprint density at radius 3 is 1.88 bits per heavy atom. The van der Waals surface area contributed by atoms with E-state index in [0.29, 0.717) is 62.5 Å². The maximum Gasteiger partial charge on any atom is 0.331 e. The van der Waals surface area contributed by atoms with Crippen molar-refractivity contribution in [1.82, 2.24) is 10.6 Å². The first-order chi connectivity index (χ1) is 24.0. The minimum Gasteiger partial charge on any atom is -0.509 e. The molecule has 0 atom stereocenters. The number of aliphatic hydroxyl groups excluding tert-OH is 1. The monoisotopic (exact) mass is 780 g/mol. The van der Waals surface area contributed by atoms with E-state index < -0.39 is 11.1 Å². The molecular formula is C40H52Cl4N2O5. The van der Waals surface area contributed by atoms with Gasteiger partial charge in [-0.05, 0) is 143 Å². The molecule has 0 aromatic heterocycles. The highest BCUT2D eigenvalue weighted by Gasteiger charge is 2.48. The van der Waals surface area contributed by atoms with E-state index in [1.165, 1.54) is 0 Å².